The first-order valence-corrected chi connectivity index (χ1v) is 8.04. The Hall–Kier alpha value is -3.02. The number of carbonyl (C=O) groups excluding carboxylic acids is 1. The summed E-state index contributed by atoms with van der Waals surface area (Å²) in [6.45, 7) is 0.320. The number of hydrogen-bond donors (Lipinski definition) is 2. The van der Waals surface area contributed by atoms with E-state index in [0.717, 1.165) is 16.9 Å². The minimum atomic E-state index is -1.03. The van der Waals surface area contributed by atoms with E-state index < -0.39 is 12.6 Å². The lowest BCUT2D eigenvalue weighted by molar-refractivity contribution is -0.139. The van der Waals surface area contributed by atoms with Gasteiger partial charge in [0.15, 0.2) is 6.61 Å². The third-order valence-electron chi connectivity index (χ3n) is 3.98. The molecule has 1 aliphatic rings. The maximum Gasteiger partial charge on any atom is 0.341 e. The molecule has 0 bridgehead atoms. The molecular formula is C19H19NO5. The fourth-order valence-electron chi connectivity index (χ4n) is 2.72. The molecular weight excluding hydrogens is 322 g/mol. The number of carbonyl (C=O) groups is 2. The van der Waals surface area contributed by atoms with Crippen molar-refractivity contribution in [1.29, 1.82) is 0 Å². The summed E-state index contributed by atoms with van der Waals surface area (Å²) in [6, 6.07) is 14.7. The number of carboxylic acids is 1. The van der Waals surface area contributed by atoms with E-state index in [1.165, 1.54) is 0 Å². The van der Waals surface area contributed by atoms with E-state index in [9.17, 15) is 9.59 Å². The van der Waals surface area contributed by atoms with Gasteiger partial charge in [0.05, 0.1) is 5.92 Å². The summed E-state index contributed by atoms with van der Waals surface area (Å²) < 4.78 is 10.8. The number of nitrogens with one attached hydrogen (secondary N) is 1. The molecule has 2 aromatic rings. The third-order valence-corrected chi connectivity index (χ3v) is 3.98. The van der Waals surface area contributed by atoms with Crippen LogP contribution in [-0.2, 0) is 22.6 Å². The molecule has 1 heterocycles. The molecule has 0 aromatic heterocycles. The van der Waals surface area contributed by atoms with Crippen LogP contribution in [0.5, 0.6) is 11.5 Å². The average Bonchev–Trinajstić information content (AvgIpc) is 2.64. The molecule has 25 heavy (non-hydrogen) atoms. The summed E-state index contributed by atoms with van der Waals surface area (Å²) in [6.07, 6.45) is 0.657. The third kappa shape index (κ3) is 4.50. The van der Waals surface area contributed by atoms with E-state index in [1.54, 1.807) is 18.2 Å². The summed E-state index contributed by atoms with van der Waals surface area (Å²) in [5.74, 6) is -0.0112. The van der Waals surface area contributed by atoms with E-state index in [1.807, 2.05) is 30.3 Å². The molecule has 0 saturated carbocycles. The molecule has 2 N–H and O–H groups in total. The van der Waals surface area contributed by atoms with E-state index in [2.05, 4.69) is 5.32 Å². The quantitative estimate of drug-likeness (QED) is 0.840. The predicted molar refractivity (Wildman–Crippen MR) is 90.6 cm³/mol. The van der Waals surface area contributed by atoms with Gasteiger partial charge in [0.2, 0.25) is 5.91 Å². The van der Waals surface area contributed by atoms with Crippen LogP contribution < -0.4 is 14.8 Å². The lowest BCUT2D eigenvalue weighted by Gasteiger charge is -2.24. The second-order valence-electron chi connectivity index (χ2n) is 5.87. The minimum Gasteiger partial charge on any atom is -0.492 e. The largest absolute Gasteiger partial charge is 0.492 e. The van der Waals surface area contributed by atoms with Crippen LogP contribution in [0.2, 0.25) is 0 Å². The smallest absolute Gasteiger partial charge is 0.341 e. The first kappa shape index (κ1) is 16.8. The summed E-state index contributed by atoms with van der Waals surface area (Å²) in [5, 5.41) is 11.5. The Balaban J connectivity index is 1.54. The van der Waals surface area contributed by atoms with Gasteiger partial charge in [-0.15, -0.1) is 0 Å². The SMILES string of the molecule is O=C(O)COc1cccc(CNC(=O)[C@H]2COc3ccccc3C2)c1. The molecule has 0 spiro atoms. The fraction of sp³-hybridized carbons (Fsp3) is 0.263. The number of ether oxygens (including phenoxy) is 2. The zero-order valence-electron chi connectivity index (χ0n) is 13.6. The molecule has 0 aliphatic carbocycles. The Morgan fingerprint density at radius 2 is 2.04 bits per heavy atom. The second kappa shape index (κ2) is 7.70. The van der Waals surface area contributed by atoms with Gasteiger partial charge in [0.25, 0.3) is 0 Å². The van der Waals surface area contributed by atoms with Crippen LogP contribution in [-0.4, -0.2) is 30.2 Å². The van der Waals surface area contributed by atoms with Crippen molar-refractivity contribution in [2.45, 2.75) is 13.0 Å². The Morgan fingerprint density at radius 3 is 2.88 bits per heavy atom. The molecule has 1 amide bonds. The van der Waals surface area contributed by atoms with Crippen LogP contribution in [0.15, 0.2) is 48.5 Å². The van der Waals surface area contributed by atoms with E-state index in [0.29, 0.717) is 25.3 Å². The molecule has 1 atom stereocenters. The fourth-order valence-corrected chi connectivity index (χ4v) is 2.72. The van der Waals surface area contributed by atoms with E-state index in [-0.39, 0.29) is 11.8 Å². The monoisotopic (exact) mass is 341 g/mol. The molecule has 0 unspecified atom stereocenters. The number of aliphatic carboxylic acids is 1. The Morgan fingerprint density at radius 1 is 1.20 bits per heavy atom. The summed E-state index contributed by atoms with van der Waals surface area (Å²) in [4.78, 5) is 22.9. The Kier molecular flexibility index (Phi) is 5.18. The van der Waals surface area contributed by atoms with Crippen LogP contribution in [0.1, 0.15) is 11.1 Å². The molecule has 0 fully saturated rings. The number of rotatable bonds is 6. The number of carboxylic acid groups (broad SMARTS) is 1. The van der Waals surface area contributed by atoms with Gasteiger partial charge < -0.3 is 19.9 Å². The van der Waals surface area contributed by atoms with Crippen molar-refractivity contribution in [3.63, 3.8) is 0 Å². The number of para-hydroxylation sites is 1. The van der Waals surface area contributed by atoms with Gasteiger partial charge >= 0.3 is 5.97 Å². The van der Waals surface area contributed by atoms with Crippen LogP contribution in [0.3, 0.4) is 0 Å². The van der Waals surface area contributed by atoms with Crippen molar-refractivity contribution in [3.05, 3.63) is 59.7 Å². The average molecular weight is 341 g/mol. The summed E-state index contributed by atoms with van der Waals surface area (Å²) >= 11 is 0. The van der Waals surface area contributed by atoms with E-state index >= 15 is 0 Å². The highest BCUT2D eigenvalue weighted by molar-refractivity contribution is 5.79. The van der Waals surface area contributed by atoms with Crippen LogP contribution in [0.4, 0.5) is 0 Å². The highest BCUT2D eigenvalue weighted by Gasteiger charge is 2.25. The standard InChI is InChI=1S/C19H19NO5/c21-18(22)12-24-16-6-3-4-13(8-16)10-20-19(23)15-9-14-5-1-2-7-17(14)25-11-15/h1-8,15H,9-12H2,(H,20,23)(H,21,22)/t15-/m1/s1. The molecule has 0 radical (unpaired) electrons. The first-order valence-electron chi connectivity index (χ1n) is 8.04. The van der Waals surface area contributed by atoms with Crippen LogP contribution in [0, 0.1) is 5.92 Å². The van der Waals surface area contributed by atoms with Gasteiger partial charge in [0.1, 0.15) is 18.1 Å². The zero-order valence-corrected chi connectivity index (χ0v) is 13.6. The van der Waals surface area contributed by atoms with Crippen molar-refractivity contribution in [3.8, 4) is 11.5 Å². The molecule has 0 saturated heterocycles. The highest BCUT2D eigenvalue weighted by atomic mass is 16.5. The molecule has 6 nitrogen and oxygen atoms in total. The Bertz CT molecular complexity index is 774. The van der Waals surface area contributed by atoms with Crippen molar-refractivity contribution in [2.75, 3.05) is 13.2 Å². The number of hydrogen-bond acceptors (Lipinski definition) is 4. The maximum atomic E-state index is 12.4. The van der Waals surface area contributed by atoms with Crippen LogP contribution >= 0.6 is 0 Å². The van der Waals surface area contributed by atoms with Crippen LogP contribution in [0.25, 0.3) is 0 Å². The van der Waals surface area contributed by atoms with E-state index in [4.69, 9.17) is 14.6 Å². The van der Waals surface area contributed by atoms with Crippen molar-refractivity contribution in [1.82, 2.24) is 5.32 Å². The number of amides is 1. The lowest BCUT2D eigenvalue weighted by Crippen LogP contribution is -2.37. The predicted octanol–water partition coefficient (Wildman–Crippen LogP) is 2.02. The van der Waals surface area contributed by atoms with Gasteiger partial charge in [0, 0.05) is 6.54 Å². The topological polar surface area (TPSA) is 84.9 Å². The minimum absolute atomic E-state index is 0.0636. The lowest BCUT2D eigenvalue weighted by atomic mass is 9.96. The van der Waals surface area contributed by atoms with Gasteiger partial charge in [-0.05, 0) is 35.7 Å². The van der Waals surface area contributed by atoms with Gasteiger partial charge in [-0.2, -0.15) is 0 Å². The van der Waals surface area contributed by atoms with Crippen molar-refractivity contribution >= 4 is 11.9 Å². The molecule has 3 rings (SSSR count). The Labute approximate surface area is 145 Å². The van der Waals surface area contributed by atoms with Gasteiger partial charge in [-0.3, -0.25) is 4.79 Å². The number of benzene rings is 2. The second-order valence-corrected chi connectivity index (χ2v) is 5.87. The summed E-state index contributed by atoms with van der Waals surface area (Å²) in [5.41, 5.74) is 1.88. The first-order chi connectivity index (χ1) is 12.1. The molecule has 6 heteroatoms. The maximum absolute atomic E-state index is 12.4. The van der Waals surface area contributed by atoms with Crippen molar-refractivity contribution in [2.24, 2.45) is 5.92 Å². The van der Waals surface area contributed by atoms with Gasteiger partial charge in [-0.1, -0.05) is 30.3 Å². The molecule has 2 aromatic carbocycles. The highest BCUT2D eigenvalue weighted by Crippen LogP contribution is 2.26. The normalized spacial score (nSPS) is 15.6. The molecule has 130 valence electrons. The van der Waals surface area contributed by atoms with Crippen molar-refractivity contribution < 1.29 is 24.2 Å². The zero-order chi connectivity index (χ0) is 17.6. The summed E-state index contributed by atoms with van der Waals surface area (Å²) in [7, 11) is 0. The molecule has 1 aliphatic heterocycles. The van der Waals surface area contributed by atoms with Gasteiger partial charge in [-0.25, -0.2) is 4.79 Å². The number of fused-ring (bicyclic) bond motifs is 1.